The van der Waals surface area contributed by atoms with E-state index < -0.39 is 0 Å². The summed E-state index contributed by atoms with van der Waals surface area (Å²) in [4.78, 5) is 0. The minimum Gasteiger partial charge on any atom is -0.504 e. The standard InChI is InChI=1S/C13H19NO2/c1-9-5-12(15)13(16)7-11(9)6-10-3-2-4-14-8-10/h5,7,10,14-16H,2-4,6,8H2,1H3. The van der Waals surface area contributed by atoms with Gasteiger partial charge in [-0.3, -0.25) is 0 Å². The van der Waals surface area contributed by atoms with Crippen LogP contribution in [-0.4, -0.2) is 23.3 Å². The van der Waals surface area contributed by atoms with Crippen LogP contribution in [0, 0.1) is 12.8 Å². The highest BCUT2D eigenvalue weighted by Crippen LogP contribution is 2.30. The molecule has 16 heavy (non-hydrogen) atoms. The number of nitrogens with one attached hydrogen (secondary N) is 1. The summed E-state index contributed by atoms with van der Waals surface area (Å²) in [7, 11) is 0. The minimum atomic E-state index is -0.0250. The Morgan fingerprint density at radius 3 is 2.75 bits per heavy atom. The zero-order valence-corrected chi connectivity index (χ0v) is 9.66. The van der Waals surface area contributed by atoms with E-state index in [1.165, 1.54) is 12.8 Å². The van der Waals surface area contributed by atoms with Gasteiger partial charge in [-0.25, -0.2) is 0 Å². The van der Waals surface area contributed by atoms with Crippen LogP contribution >= 0.6 is 0 Å². The number of hydrogen-bond acceptors (Lipinski definition) is 3. The second kappa shape index (κ2) is 4.74. The molecular formula is C13H19NO2. The third-order valence-electron chi connectivity index (χ3n) is 3.34. The fraction of sp³-hybridized carbons (Fsp3) is 0.538. The Hall–Kier alpha value is -1.22. The van der Waals surface area contributed by atoms with E-state index in [9.17, 15) is 10.2 Å². The zero-order chi connectivity index (χ0) is 11.5. The molecule has 1 aliphatic rings. The Kier molecular flexibility index (Phi) is 3.34. The van der Waals surface area contributed by atoms with Crippen molar-refractivity contribution in [1.29, 1.82) is 0 Å². The predicted octanol–water partition coefficient (Wildman–Crippen LogP) is 1.95. The van der Waals surface area contributed by atoms with E-state index in [0.717, 1.165) is 30.6 Å². The highest BCUT2D eigenvalue weighted by molar-refractivity contribution is 5.45. The lowest BCUT2D eigenvalue weighted by molar-refractivity contribution is 0.373. The van der Waals surface area contributed by atoms with Gasteiger partial charge in [-0.15, -0.1) is 0 Å². The molecule has 1 unspecified atom stereocenters. The molecule has 1 atom stereocenters. The lowest BCUT2D eigenvalue weighted by Gasteiger charge is -2.23. The lowest BCUT2D eigenvalue weighted by Crippen LogP contribution is -2.30. The number of aromatic hydroxyl groups is 2. The molecule has 0 radical (unpaired) electrons. The van der Waals surface area contributed by atoms with E-state index in [0.29, 0.717) is 5.92 Å². The maximum atomic E-state index is 9.49. The van der Waals surface area contributed by atoms with Gasteiger partial charge in [-0.2, -0.15) is 0 Å². The number of hydrogen-bond donors (Lipinski definition) is 3. The van der Waals surface area contributed by atoms with Crippen molar-refractivity contribution in [2.45, 2.75) is 26.2 Å². The molecule has 3 nitrogen and oxygen atoms in total. The Bertz CT molecular complexity index is 370. The summed E-state index contributed by atoms with van der Waals surface area (Å²) in [6.45, 7) is 4.15. The van der Waals surface area contributed by atoms with E-state index in [4.69, 9.17) is 0 Å². The SMILES string of the molecule is Cc1cc(O)c(O)cc1CC1CCCNC1. The van der Waals surface area contributed by atoms with Crippen molar-refractivity contribution >= 4 is 0 Å². The summed E-state index contributed by atoms with van der Waals surface area (Å²) in [6.07, 6.45) is 3.45. The van der Waals surface area contributed by atoms with Gasteiger partial charge in [-0.1, -0.05) is 0 Å². The van der Waals surface area contributed by atoms with Crippen molar-refractivity contribution in [1.82, 2.24) is 5.32 Å². The summed E-state index contributed by atoms with van der Waals surface area (Å²) >= 11 is 0. The average Bonchev–Trinajstić information content (AvgIpc) is 2.27. The van der Waals surface area contributed by atoms with Crippen LogP contribution in [0.15, 0.2) is 12.1 Å². The van der Waals surface area contributed by atoms with Gasteiger partial charge in [0.25, 0.3) is 0 Å². The monoisotopic (exact) mass is 221 g/mol. The minimum absolute atomic E-state index is 0.00984. The number of aryl methyl sites for hydroxylation is 1. The first kappa shape index (κ1) is 11.3. The van der Waals surface area contributed by atoms with Gasteiger partial charge in [0, 0.05) is 0 Å². The van der Waals surface area contributed by atoms with Crippen molar-refractivity contribution in [3.8, 4) is 11.5 Å². The maximum absolute atomic E-state index is 9.49. The van der Waals surface area contributed by atoms with Crippen molar-refractivity contribution in [3.63, 3.8) is 0 Å². The van der Waals surface area contributed by atoms with Gasteiger partial charge in [0.2, 0.25) is 0 Å². The number of piperidine rings is 1. The Morgan fingerprint density at radius 1 is 1.31 bits per heavy atom. The third-order valence-corrected chi connectivity index (χ3v) is 3.34. The van der Waals surface area contributed by atoms with Gasteiger partial charge < -0.3 is 15.5 Å². The highest BCUT2D eigenvalue weighted by Gasteiger charge is 2.15. The van der Waals surface area contributed by atoms with Crippen LogP contribution in [-0.2, 0) is 6.42 Å². The molecule has 1 aromatic carbocycles. The summed E-state index contributed by atoms with van der Waals surface area (Å²) in [5.41, 5.74) is 2.20. The smallest absolute Gasteiger partial charge is 0.157 e. The van der Waals surface area contributed by atoms with E-state index in [2.05, 4.69) is 5.32 Å². The first-order valence-electron chi connectivity index (χ1n) is 5.89. The van der Waals surface area contributed by atoms with Gasteiger partial charge in [0.1, 0.15) is 0 Å². The average molecular weight is 221 g/mol. The molecule has 3 heteroatoms. The zero-order valence-electron chi connectivity index (χ0n) is 9.66. The Morgan fingerprint density at radius 2 is 2.06 bits per heavy atom. The van der Waals surface area contributed by atoms with Gasteiger partial charge >= 0.3 is 0 Å². The first-order valence-corrected chi connectivity index (χ1v) is 5.89. The molecule has 0 spiro atoms. The van der Waals surface area contributed by atoms with Crippen LogP contribution in [0.5, 0.6) is 11.5 Å². The summed E-state index contributed by atoms with van der Waals surface area (Å²) in [5, 5.41) is 22.2. The van der Waals surface area contributed by atoms with E-state index in [-0.39, 0.29) is 11.5 Å². The topological polar surface area (TPSA) is 52.5 Å². The number of benzene rings is 1. The Labute approximate surface area is 96.1 Å². The van der Waals surface area contributed by atoms with Crippen LogP contribution < -0.4 is 5.32 Å². The maximum Gasteiger partial charge on any atom is 0.157 e. The second-order valence-corrected chi connectivity index (χ2v) is 4.68. The molecule has 0 bridgehead atoms. The van der Waals surface area contributed by atoms with Crippen LogP contribution in [0.25, 0.3) is 0 Å². The fourth-order valence-corrected chi connectivity index (χ4v) is 2.35. The molecular weight excluding hydrogens is 202 g/mol. The van der Waals surface area contributed by atoms with E-state index in [1.54, 1.807) is 12.1 Å². The van der Waals surface area contributed by atoms with Crippen molar-refractivity contribution in [2.75, 3.05) is 13.1 Å². The summed E-state index contributed by atoms with van der Waals surface area (Å²) in [5.74, 6) is 0.615. The van der Waals surface area contributed by atoms with Gasteiger partial charge in [0.05, 0.1) is 0 Å². The number of rotatable bonds is 2. The van der Waals surface area contributed by atoms with Crippen LogP contribution in [0.2, 0.25) is 0 Å². The molecule has 0 saturated carbocycles. The molecule has 1 heterocycles. The molecule has 88 valence electrons. The van der Waals surface area contributed by atoms with E-state index in [1.807, 2.05) is 6.92 Å². The molecule has 2 rings (SSSR count). The Balaban J connectivity index is 2.11. The summed E-state index contributed by atoms with van der Waals surface area (Å²) < 4.78 is 0. The first-order chi connectivity index (χ1) is 7.66. The molecule has 0 amide bonds. The van der Waals surface area contributed by atoms with Crippen LogP contribution in [0.3, 0.4) is 0 Å². The van der Waals surface area contributed by atoms with Crippen LogP contribution in [0.1, 0.15) is 24.0 Å². The van der Waals surface area contributed by atoms with E-state index >= 15 is 0 Å². The quantitative estimate of drug-likeness (QED) is 0.669. The van der Waals surface area contributed by atoms with Gasteiger partial charge in [-0.05, 0) is 68.5 Å². The molecule has 0 aliphatic carbocycles. The molecule has 1 saturated heterocycles. The molecule has 1 aromatic rings. The lowest BCUT2D eigenvalue weighted by atomic mass is 9.90. The van der Waals surface area contributed by atoms with Crippen molar-refractivity contribution in [2.24, 2.45) is 5.92 Å². The van der Waals surface area contributed by atoms with Crippen LogP contribution in [0.4, 0.5) is 0 Å². The fourth-order valence-electron chi connectivity index (χ4n) is 2.35. The van der Waals surface area contributed by atoms with Crippen molar-refractivity contribution < 1.29 is 10.2 Å². The normalized spacial score (nSPS) is 20.9. The van der Waals surface area contributed by atoms with Crippen molar-refractivity contribution in [3.05, 3.63) is 23.3 Å². The highest BCUT2D eigenvalue weighted by atomic mass is 16.3. The number of phenols is 2. The molecule has 3 N–H and O–H groups in total. The number of phenolic OH excluding ortho intramolecular Hbond substituents is 2. The van der Waals surface area contributed by atoms with Gasteiger partial charge in [0.15, 0.2) is 11.5 Å². The molecule has 1 aliphatic heterocycles. The third kappa shape index (κ3) is 2.47. The second-order valence-electron chi connectivity index (χ2n) is 4.68. The largest absolute Gasteiger partial charge is 0.504 e. The predicted molar refractivity (Wildman–Crippen MR) is 63.8 cm³/mol. The molecule has 1 fully saturated rings. The molecule has 0 aromatic heterocycles. The summed E-state index contributed by atoms with van der Waals surface area (Å²) in [6, 6.07) is 3.33.